The van der Waals surface area contributed by atoms with E-state index >= 15 is 0 Å². The first-order chi connectivity index (χ1) is 20.5. The lowest BCUT2D eigenvalue weighted by Gasteiger charge is -2.33. The number of carbonyl (C=O) groups excluding carboxylic acids is 2. The van der Waals surface area contributed by atoms with Crippen LogP contribution in [0.4, 0.5) is 5.69 Å². The van der Waals surface area contributed by atoms with Gasteiger partial charge < -0.3 is 15.0 Å². The highest BCUT2D eigenvalue weighted by molar-refractivity contribution is 9.10. The van der Waals surface area contributed by atoms with E-state index < -0.39 is 16.1 Å². The topological polar surface area (TPSA) is 96.0 Å². The first-order valence-corrected chi connectivity index (χ1v) is 17.2. The molecule has 0 bridgehead atoms. The van der Waals surface area contributed by atoms with E-state index in [1.807, 2.05) is 75.4 Å². The summed E-state index contributed by atoms with van der Waals surface area (Å²) < 4.78 is 33.5. The molecule has 0 aliphatic rings. The van der Waals surface area contributed by atoms with Gasteiger partial charge in [-0.15, -0.1) is 0 Å². The van der Waals surface area contributed by atoms with Crippen molar-refractivity contribution in [2.24, 2.45) is 0 Å². The van der Waals surface area contributed by atoms with Crippen molar-refractivity contribution in [1.29, 1.82) is 0 Å². The van der Waals surface area contributed by atoms with Gasteiger partial charge >= 0.3 is 0 Å². The number of rotatable bonds is 16. The monoisotopic (exact) mass is 671 g/mol. The van der Waals surface area contributed by atoms with Crippen LogP contribution in [0.3, 0.4) is 0 Å². The largest absolute Gasteiger partial charge is 0.492 e. The van der Waals surface area contributed by atoms with E-state index in [0.29, 0.717) is 24.5 Å². The number of halogens is 1. The lowest BCUT2D eigenvalue weighted by Crippen LogP contribution is -2.52. The van der Waals surface area contributed by atoms with E-state index in [2.05, 4.69) is 21.2 Å². The summed E-state index contributed by atoms with van der Waals surface area (Å²) in [6, 6.07) is 23.5. The molecule has 10 heteroatoms. The van der Waals surface area contributed by atoms with E-state index in [1.54, 1.807) is 29.2 Å². The number of hydrogen-bond acceptors (Lipinski definition) is 5. The van der Waals surface area contributed by atoms with Crippen LogP contribution in [0.1, 0.15) is 51.2 Å². The van der Waals surface area contributed by atoms with Gasteiger partial charge in [-0.3, -0.25) is 13.9 Å². The molecule has 43 heavy (non-hydrogen) atoms. The summed E-state index contributed by atoms with van der Waals surface area (Å²) in [5.74, 6) is 0.0133. The van der Waals surface area contributed by atoms with Gasteiger partial charge in [-0.25, -0.2) is 8.42 Å². The molecule has 8 nitrogen and oxygen atoms in total. The Balaban J connectivity index is 1.91. The fraction of sp³-hybridized carbons (Fsp3) is 0.394. The molecule has 0 fully saturated rings. The maximum atomic E-state index is 14.0. The second-order valence-corrected chi connectivity index (χ2v) is 13.3. The number of hydrogen-bond donors (Lipinski definition) is 1. The maximum Gasteiger partial charge on any atom is 0.243 e. The minimum absolute atomic E-state index is 0.0534. The van der Waals surface area contributed by atoms with Crippen LogP contribution >= 0.6 is 15.9 Å². The van der Waals surface area contributed by atoms with Gasteiger partial charge in [0, 0.05) is 36.4 Å². The predicted octanol–water partition coefficient (Wildman–Crippen LogP) is 5.95. The molecule has 0 saturated heterocycles. The quantitative estimate of drug-likeness (QED) is 0.203. The molecule has 0 aliphatic heterocycles. The molecule has 0 aliphatic carbocycles. The molecule has 0 aromatic heterocycles. The minimum atomic E-state index is -3.66. The number of carbonyl (C=O) groups is 2. The molecular formula is C33H42BrN3O5S. The third kappa shape index (κ3) is 10.4. The zero-order valence-electron chi connectivity index (χ0n) is 25.3. The van der Waals surface area contributed by atoms with Crippen LogP contribution in [-0.4, -0.2) is 56.6 Å². The van der Waals surface area contributed by atoms with Crippen molar-refractivity contribution in [3.63, 3.8) is 0 Å². The Morgan fingerprint density at radius 1 is 0.953 bits per heavy atom. The number of sulfonamides is 1. The molecule has 3 rings (SSSR count). The molecule has 3 aromatic carbocycles. The molecule has 0 radical (unpaired) electrons. The molecular weight excluding hydrogens is 630 g/mol. The summed E-state index contributed by atoms with van der Waals surface area (Å²) in [5.41, 5.74) is 2.25. The van der Waals surface area contributed by atoms with Crippen molar-refractivity contribution in [3.8, 4) is 5.75 Å². The lowest BCUT2D eigenvalue weighted by atomic mass is 10.0. The zero-order valence-corrected chi connectivity index (χ0v) is 27.7. The van der Waals surface area contributed by atoms with Crippen molar-refractivity contribution >= 4 is 43.5 Å². The van der Waals surface area contributed by atoms with E-state index in [0.717, 1.165) is 28.3 Å². The molecule has 2 unspecified atom stereocenters. The SMILES string of the molecule is CCOc1ccccc1N(CCCC(=O)N(Cc1cccc(Br)c1)C(Cc1ccccc1)C(=O)NC(C)CC)S(C)(=O)=O. The molecule has 2 amide bonds. The van der Waals surface area contributed by atoms with Gasteiger partial charge in [-0.1, -0.05) is 77.5 Å². The number of ether oxygens (including phenoxy) is 1. The molecule has 1 N–H and O–H groups in total. The first kappa shape index (κ1) is 34.1. The maximum absolute atomic E-state index is 14.0. The average Bonchev–Trinajstić information content (AvgIpc) is 2.97. The Morgan fingerprint density at radius 2 is 1.63 bits per heavy atom. The van der Waals surface area contributed by atoms with Gasteiger partial charge in [0.2, 0.25) is 21.8 Å². The summed E-state index contributed by atoms with van der Waals surface area (Å²) in [6.07, 6.45) is 2.56. The summed E-state index contributed by atoms with van der Waals surface area (Å²) in [4.78, 5) is 29.3. The second kappa shape index (κ2) is 16.5. The Kier molecular flexibility index (Phi) is 13.1. The Hall–Kier alpha value is -3.37. The van der Waals surface area contributed by atoms with Gasteiger partial charge in [-0.05, 0) is 62.1 Å². The first-order valence-electron chi connectivity index (χ1n) is 14.6. The standard InChI is InChI=1S/C33H42BrN3O5S/c1-5-25(3)35-33(39)30(23-26-14-8-7-9-15-26)36(24-27-16-12-17-28(34)22-27)32(38)20-13-21-37(43(4,40)41)29-18-10-11-19-31(29)42-6-2/h7-12,14-19,22,25,30H,5-6,13,20-21,23-24H2,1-4H3,(H,35,39). The number of anilines is 1. The van der Waals surface area contributed by atoms with Gasteiger partial charge in [0.15, 0.2) is 0 Å². The third-order valence-electron chi connectivity index (χ3n) is 7.10. The predicted molar refractivity (Wildman–Crippen MR) is 176 cm³/mol. The fourth-order valence-corrected chi connectivity index (χ4v) is 6.17. The lowest BCUT2D eigenvalue weighted by molar-refractivity contribution is -0.141. The third-order valence-corrected chi connectivity index (χ3v) is 8.77. The van der Waals surface area contributed by atoms with Gasteiger partial charge in [0.05, 0.1) is 18.6 Å². The van der Waals surface area contributed by atoms with E-state index in [9.17, 15) is 18.0 Å². The average molecular weight is 673 g/mol. The highest BCUT2D eigenvalue weighted by Crippen LogP contribution is 2.30. The van der Waals surface area contributed by atoms with Crippen molar-refractivity contribution < 1.29 is 22.7 Å². The van der Waals surface area contributed by atoms with Crippen molar-refractivity contribution in [3.05, 3.63) is 94.5 Å². The van der Waals surface area contributed by atoms with Gasteiger partial charge in [-0.2, -0.15) is 0 Å². The Labute approximate surface area is 264 Å². The van der Waals surface area contributed by atoms with Crippen LogP contribution in [-0.2, 0) is 32.6 Å². The molecule has 0 heterocycles. The molecule has 232 valence electrons. The minimum Gasteiger partial charge on any atom is -0.492 e. The van der Waals surface area contributed by atoms with Crippen molar-refractivity contribution in [2.75, 3.05) is 23.7 Å². The normalized spacial score (nSPS) is 12.7. The van der Waals surface area contributed by atoms with E-state index in [4.69, 9.17) is 4.74 Å². The van der Waals surface area contributed by atoms with Crippen LogP contribution < -0.4 is 14.4 Å². The number of benzene rings is 3. The van der Waals surface area contributed by atoms with Crippen LogP contribution in [0, 0.1) is 0 Å². The second-order valence-electron chi connectivity index (χ2n) is 10.5. The summed E-state index contributed by atoms with van der Waals surface area (Å²) in [7, 11) is -3.66. The Bertz CT molecular complexity index is 1450. The van der Waals surface area contributed by atoms with Crippen LogP contribution in [0.25, 0.3) is 0 Å². The summed E-state index contributed by atoms with van der Waals surface area (Å²) in [5, 5.41) is 3.07. The van der Waals surface area contributed by atoms with E-state index in [1.165, 1.54) is 4.31 Å². The van der Waals surface area contributed by atoms with Crippen molar-refractivity contribution in [1.82, 2.24) is 10.2 Å². The fourth-order valence-electron chi connectivity index (χ4n) is 4.75. The van der Waals surface area contributed by atoms with Crippen LogP contribution in [0.2, 0.25) is 0 Å². The number of para-hydroxylation sites is 2. The van der Waals surface area contributed by atoms with E-state index in [-0.39, 0.29) is 43.8 Å². The summed E-state index contributed by atoms with van der Waals surface area (Å²) >= 11 is 3.51. The smallest absolute Gasteiger partial charge is 0.243 e. The molecule has 0 saturated carbocycles. The van der Waals surface area contributed by atoms with Crippen LogP contribution in [0.15, 0.2) is 83.3 Å². The zero-order chi connectivity index (χ0) is 31.4. The highest BCUT2D eigenvalue weighted by Gasteiger charge is 2.31. The molecule has 3 aromatic rings. The van der Waals surface area contributed by atoms with Crippen LogP contribution in [0.5, 0.6) is 5.75 Å². The van der Waals surface area contributed by atoms with Crippen molar-refractivity contribution in [2.45, 2.75) is 65.1 Å². The van der Waals surface area contributed by atoms with Gasteiger partial charge in [0.25, 0.3) is 0 Å². The summed E-state index contributed by atoms with van der Waals surface area (Å²) in [6.45, 7) is 6.48. The Morgan fingerprint density at radius 3 is 2.28 bits per heavy atom. The number of amides is 2. The number of nitrogens with zero attached hydrogens (tertiary/aromatic N) is 2. The van der Waals surface area contributed by atoms with Gasteiger partial charge in [0.1, 0.15) is 11.8 Å². The molecule has 0 spiro atoms. The number of nitrogens with one attached hydrogen (secondary N) is 1. The highest BCUT2D eigenvalue weighted by atomic mass is 79.9. The molecule has 2 atom stereocenters.